The van der Waals surface area contributed by atoms with E-state index in [9.17, 15) is 0 Å². The molecule has 0 bridgehead atoms. The van der Waals surface area contributed by atoms with Crippen LogP contribution in [0, 0.1) is 0 Å². The average molecular weight is 1150 g/mol. The molecule has 0 aromatic rings. The van der Waals surface area contributed by atoms with E-state index in [2.05, 4.69) is 87.1 Å². The summed E-state index contributed by atoms with van der Waals surface area (Å²) < 4.78 is 0. The van der Waals surface area contributed by atoms with Crippen molar-refractivity contribution in [2.75, 3.05) is 0 Å². The van der Waals surface area contributed by atoms with Crippen molar-refractivity contribution in [3.63, 3.8) is 0 Å². The molecule has 0 aliphatic carbocycles. The molecule has 0 amide bonds. The summed E-state index contributed by atoms with van der Waals surface area (Å²) in [4.78, 5) is 0. The van der Waals surface area contributed by atoms with Crippen molar-refractivity contribution in [2.24, 2.45) is 0 Å². The molecule has 0 saturated heterocycles. The monoisotopic (exact) mass is 1150 g/mol. The summed E-state index contributed by atoms with van der Waals surface area (Å²) in [6.07, 6.45) is 0. The van der Waals surface area contributed by atoms with E-state index >= 15 is 0 Å². The summed E-state index contributed by atoms with van der Waals surface area (Å²) >= 11 is -3.59. The Morgan fingerprint density at radius 2 is 0.562 bits per heavy atom. The fraction of sp³-hybridized carbons (Fsp3) is 0. The van der Waals surface area contributed by atoms with Crippen molar-refractivity contribution in [3.8, 4) is 0 Å². The first-order valence-corrected chi connectivity index (χ1v) is 39.0. The van der Waals surface area contributed by atoms with Crippen LogP contribution >= 0.6 is 58.9 Å². The first-order valence-electron chi connectivity index (χ1n) is 1.55. The van der Waals surface area contributed by atoms with Crippen molar-refractivity contribution in [2.45, 2.75) is 0 Å². The molecule has 0 unspecified atom stereocenters. The van der Waals surface area contributed by atoms with E-state index in [0.717, 1.165) is 0 Å². The Morgan fingerprint density at radius 1 is 0.562 bits per heavy atom. The maximum absolute atomic E-state index is 4.45. The van der Waals surface area contributed by atoms with E-state index in [0.29, 0.717) is 0 Å². The minimum absolute atomic E-state index is 0. The Hall–Kier alpha value is 6.37. The Morgan fingerprint density at radius 3 is 0.562 bits per heavy atom. The van der Waals surface area contributed by atoms with Crippen LogP contribution in [0.15, 0.2) is 0 Å². The Bertz CT molecular complexity index is 137. The SMILES string of the molecule is [S-][Bi]([S-])[S-].[SH-].[SH-].[SH-].[S]=[W]=[S].[S]=[W]=[S].[S]=[W]=[S]. The van der Waals surface area contributed by atoms with Crippen LogP contribution in [0.1, 0.15) is 0 Å². The van der Waals surface area contributed by atoms with Crippen LogP contribution in [-0.2, 0) is 113 Å². The molecular weight excluding hydrogens is 1150 g/mol. The summed E-state index contributed by atoms with van der Waals surface area (Å²) in [7, 11) is 39.6. The summed E-state index contributed by atoms with van der Waals surface area (Å²) in [6.45, 7) is 0. The third-order valence-electron chi connectivity index (χ3n) is 0. The zero-order chi connectivity index (χ0) is 11.7. The standard InChI is InChI=1S/Bi.3H2S.9S.3W/h;3*1H2;;;;;;;;;;;;/q;;;;;;;;;;3*-1;;;/p-3. The molecule has 0 atom stereocenters. The van der Waals surface area contributed by atoms with Crippen LogP contribution in [0.4, 0.5) is 0 Å². The Kier molecular flexibility index (Phi) is 157. The summed E-state index contributed by atoms with van der Waals surface area (Å²) in [6, 6.07) is 0. The zero-order valence-corrected chi connectivity index (χ0v) is 29.0. The van der Waals surface area contributed by atoms with Crippen LogP contribution < -0.4 is 0 Å². The van der Waals surface area contributed by atoms with Gasteiger partial charge < -0.3 is 40.5 Å². The van der Waals surface area contributed by atoms with Crippen molar-refractivity contribution < 1.29 is 44.8 Å². The molecule has 0 fully saturated rings. The van der Waals surface area contributed by atoms with Gasteiger partial charge in [0, 0.05) is 0 Å². The average Bonchev–Trinajstić information content (AvgIpc) is 1.88. The molecule has 16 heavy (non-hydrogen) atoms. The molecule has 0 nitrogen and oxygen atoms in total. The molecule has 0 saturated carbocycles. The number of hydrogen-bond acceptors (Lipinski definition) is 12. The van der Waals surface area contributed by atoms with Crippen molar-refractivity contribution in [1.29, 1.82) is 0 Å². The Balaban J connectivity index is -0.0000000128. The van der Waals surface area contributed by atoms with Gasteiger partial charge in [-0.05, 0) is 0 Å². The van der Waals surface area contributed by atoms with E-state index < -0.39 is 62.1 Å². The normalized spacial score (nSPS) is 4.50. The molecule has 0 aliphatic rings. The number of rotatable bonds is 0. The van der Waals surface area contributed by atoms with Gasteiger partial charge >= 0.3 is 149 Å². The first-order chi connectivity index (χ1) is 5.97. The van der Waals surface area contributed by atoms with Gasteiger partial charge in [0.15, 0.2) is 0 Å². The summed E-state index contributed by atoms with van der Waals surface area (Å²) in [5.41, 5.74) is 0. The number of hydrogen-bond donors (Lipinski definition) is 0. The zero-order valence-electron chi connectivity index (χ0n) is 6.69. The van der Waals surface area contributed by atoms with Crippen LogP contribution in [0.3, 0.4) is 0 Å². The van der Waals surface area contributed by atoms with Gasteiger partial charge in [0.25, 0.3) is 0 Å². The van der Waals surface area contributed by atoms with Crippen LogP contribution in [0.5, 0.6) is 0 Å². The van der Waals surface area contributed by atoms with Crippen LogP contribution in [0.25, 0.3) is 0 Å². The van der Waals surface area contributed by atoms with E-state index in [4.69, 9.17) is 0 Å². The van der Waals surface area contributed by atoms with Gasteiger partial charge in [0.05, 0.1) is 0 Å². The van der Waals surface area contributed by atoms with Gasteiger partial charge in [-0.2, -0.15) is 0 Å². The van der Waals surface area contributed by atoms with Gasteiger partial charge in [-0.1, -0.05) is 0 Å². The first kappa shape index (κ1) is 43.2. The second kappa shape index (κ2) is 58.0. The second-order valence-electron chi connectivity index (χ2n) is 0.428. The van der Waals surface area contributed by atoms with Gasteiger partial charge in [-0.25, -0.2) is 0 Å². The summed E-state index contributed by atoms with van der Waals surface area (Å²) in [5.74, 6) is 0. The third kappa shape index (κ3) is 188. The third-order valence-corrected chi connectivity index (χ3v) is 0. The minimum atomic E-state index is -1.84. The molecule has 16 heteroatoms. The van der Waals surface area contributed by atoms with Gasteiger partial charge in [-0.3, -0.25) is 0 Å². The maximum atomic E-state index is 4.45. The van der Waals surface area contributed by atoms with Crippen molar-refractivity contribution in [3.05, 3.63) is 0 Å². The van der Waals surface area contributed by atoms with Crippen molar-refractivity contribution >= 4 is 145 Å². The molecule has 104 valence electrons. The predicted octanol–water partition coefficient (Wildman–Crippen LogP) is 2.68. The fourth-order valence-corrected chi connectivity index (χ4v) is 0. The molecule has 0 spiro atoms. The molecule has 0 rings (SSSR count). The van der Waals surface area contributed by atoms with E-state index in [-0.39, 0.29) is 40.5 Å². The fourth-order valence-electron chi connectivity index (χ4n) is 0. The number of thiol groups is 3. The molecule has 0 radical (unpaired) electrons. The molecule has 0 N–H and O–H groups in total. The van der Waals surface area contributed by atoms with Crippen LogP contribution in [0.2, 0.25) is 0 Å². The molecule has 0 aromatic carbocycles. The predicted molar refractivity (Wildman–Crippen MR) is 99.7 cm³/mol. The van der Waals surface area contributed by atoms with E-state index in [1.54, 1.807) is 0 Å². The Labute approximate surface area is 184 Å². The van der Waals surface area contributed by atoms with E-state index in [1.807, 2.05) is 0 Å². The molecule has 0 aromatic heterocycles. The van der Waals surface area contributed by atoms with Gasteiger partial charge in [0.1, 0.15) is 0 Å². The quantitative estimate of drug-likeness (QED) is 0.199. The topological polar surface area (TPSA) is 0 Å². The molecule has 0 heterocycles. The molecule has 0 aliphatic heterocycles. The molecular formula is H3BiS12W3-6. The van der Waals surface area contributed by atoms with Crippen LogP contribution in [-0.4, -0.2) is 17.4 Å². The second-order valence-corrected chi connectivity index (χ2v) is 32.7. The van der Waals surface area contributed by atoms with Crippen molar-refractivity contribution in [1.82, 2.24) is 0 Å². The van der Waals surface area contributed by atoms with E-state index in [1.165, 1.54) is 0 Å². The van der Waals surface area contributed by atoms with Gasteiger partial charge in [-0.15, -0.1) is 0 Å². The summed E-state index contributed by atoms with van der Waals surface area (Å²) in [5, 5.41) is 0. The van der Waals surface area contributed by atoms with Gasteiger partial charge in [0.2, 0.25) is 0 Å².